The molecule has 0 aromatic heterocycles. The molecular weight excluding hydrogens is 364 g/mol. The van der Waals surface area contributed by atoms with Gasteiger partial charge < -0.3 is 20.1 Å². The largest absolute Gasteiger partial charge is 0.491 e. The lowest BCUT2D eigenvalue weighted by atomic mass is 10.1. The second kappa shape index (κ2) is 9.22. The Morgan fingerprint density at radius 3 is 2.74 bits per heavy atom. The zero-order chi connectivity index (χ0) is 17.8. The van der Waals surface area contributed by atoms with Crippen molar-refractivity contribution in [2.24, 2.45) is 0 Å². The van der Waals surface area contributed by atoms with E-state index in [2.05, 4.69) is 28.8 Å². The predicted molar refractivity (Wildman–Crippen MR) is 106 cm³/mol. The number of ether oxygens (including phenoxy) is 2. The summed E-state index contributed by atoms with van der Waals surface area (Å²) in [6.45, 7) is 3.77. The summed E-state index contributed by atoms with van der Waals surface area (Å²) in [6.07, 6.45) is 2.35. The van der Waals surface area contributed by atoms with Crippen molar-refractivity contribution in [1.29, 1.82) is 0 Å². The Morgan fingerprint density at radius 2 is 1.96 bits per heavy atom. The number of carbonyl (C=O) groups excluding carboxylic acids is 1. The van der Waals surface area contributed by atoms with Crippen LogP contribution in [0.2, 0.25) is 0 Å². The van der Waals surface area contributed by atoms with E-state index in [4.69, 9.17) is 9.47 Å². The summed E-state index contributed by atoms with van der Waals surface area (Å²) in [5.74, 6) is 0.692. The lowest BCUT2D eigenvalue weighted by Gasteiger charge is -2.12. The van der Waals surface area contributed by atoms with E-state index in [1.165, 1.54) is 11.1 Å². The minimum absolute atomic E-state index is 0. The number of amides is 1. The first kappa shape index (κ1) is 19.7. The SMILES string of the molecule is Cl.O=C(NCc1ccc2c(c1)CNC2)c1ccc(OCC2CCCO2)cc1. The summed E-state index contributed by atoms with van der Waals surface area (Å²) in [4.78, 5) is 12.3. The zero-order valence-corrected chi connectivity index (χ0v) is 16.0. The van der Waals surface area contributed by atoms with Crippen molar-refractivity contribution >= 4 is 18.3 Å². The van der Waals surface area contributed by atoms with Crippen LogP contribution in [0.25, 0.3) is 0 Å². The maximum atomic E-state index is 12.3. The van der Waals surface area contributed by atoms with E-state index in [0.717, 1.165) is 43.9 Å². The van der Waals surface area contributed by atoms with Crippen LogP contribution in [0.1, 0.15) is 39.9 Å². The fraction of sp³-hybridized carbons (Fsp3) is 0.381. The molecule has 2 heterocycles. The molecule has 0 aliphatic carbocycles. The second-order valence-electron chi connectivity index (χ2n) is 6.86. The highest BCUT2D eigenvalue weighted by molar-refractivity contribution is 5.94. The van der Waals surface area contributed by atoms with Crippen molar-refractivity contribution in [2.75, 3.05) is 13.2 Å². The van der Waals surface area contributed by atoms with E-state index in [9.17, 15) is 4.79 Å². The monoisotopic (exact) mass is 388 g/mol. The number of halogens is 1. The Bertz CT molecular complexity index is 773. The molecule has 27 heavy (non-hydrogen) atoms. The third-order valence-electron chi connectivity index (χ3n) is 4.93. The van der Waals surface area contributed by atoms with E-state index >= 15 is 0 Å². The Labute approximate surface area is 165 Å². The average Bonchev–Trinajstić information content (AvgIpc) is 3.36. The molecule has 2 aromatic carbocycles. The maximum Gasteiger partial charge on any atom is 0.251 e. The van der Waals surface area contributed by atoms with E-state index in [-0.39, 0.29) is 24.4 Å². The van der Waals surface area contributed by atoms with Gasteiger partial charge in [0.1, 0.15) is 12.4 Å². The van der Waals surface area contributed by atoms with Crippen LogP contribution in [0, 0.1) is 0 Å². The number of carbonyl (C=O) groups is 1. The molecule has 2 aromatic rings. The highest BCUT2D eigenvalue weighted by Crippen LogP contribution is 2.18. The average molecular weight is 389 g/mol. The molecule has 1 saturated heterocycles. The van der Waals surface area contributed by atoms with Crippen molar-refractivity contribution < 1.29 is 14.3 Å². The normalized spacial score (nSPS) is 17.9. The molecule has 5 nitrogen and oxygen atoms in total. The van der Waals surface area contributed by atoms with Gasteiger partial charge in [-0.1, -0.05) is 18.2 Å². The molecule has 0 spiro atoms. The highest BCUT2D eigenvalue weighted by Gasteiger charge is 2.16. The molecule has 1 atom stereocenters. The number of rotatable bonds is 6. The molecule has 4 rings (SSSR count). The number of fused-ring (bicyclic) bond motifs is 1. The molecule has 144 valence electrons. The van der Waals surface area contributed by atoms with Crippen LogP contribution in [0.5, 0.6) is 5.75 Å². The van der Waals surface area contributed by atoms with Crippen LogP contribution in [-0.2, 0) is 24.4 Å². The fourth-order valence-corrected chi connectivity index (χ4v) is 3.41. The summed E-state index contributed by atoms with van der Waals surface area (Å²) >= 11 is 0. The van der Waals surface area contributed by atoms with Crippen LogP contribution >= 0.6 is 12.4 Å². The van der Waals surface area contributed by atoms with Crippen LogP contribution in [-0.4, -0.2) is 25.2 Å². The molecule has 2 aliphatic heterocycles. The molecule has 0 saturated carbocycles. The molecular formula is C21H25ClN2O3. The van der Waals surface area contributed by atoms with E-state index in [0.29, 0.717) is 18.7 Å². The van der Waals surface area contributed by atoms with E-state index in [1.807, 2.05) is 12.1 Å². The second-order valence-corrected chi connectivity index (χ2v) is 6.86. The highest BCUT2D eigenvalue weighted by atomic mass is 35.5. The molecule has 2 N–H and O–H groups in total. The van der Waals surface area contributed by atoms with Gasteiger partial charge in [0, 0.05) is 31.8 Å². The minimum atomic E-state index is -0.0747. The Balaban J connectivity index is 0.00000210. The maximum absolute atomic E-state index is 12.3. The smallest absolute Gasteiger partial charge is 0.251 e. The Morgan fingerprint density at radius 1 is 1.15 bits per heavy atom. The molecule has 0 bridgehead atoms. The number of hydrogen-bond acceptors (Lipinski definition) is 4. The fourth-order valence-electron chi connectivity index (χ4n) is 3.41. The quantitative estimate of drug-likeness (QED) is 0.797. The molecule has 6 heteroatoms. The summed E-state index contributed by atoms with van der Waals surface area (Å²) in [5.41, 5.74) is 4.43. The topological polar surface area (TPSA) is 59.6 Å². The number of nitrogens with one attached hydrogen (secondary N) is 2. The molecule has 1 fully saturated rings. The summed E-state index contributed by atoms with van der Waals surface area (Å²) in [5, 5.41) is 6.31. The van der Waals surface area contributed by atoms with Gasteiger partial charge in [-0.3, -0.25) is 4.79 Å². The van der Waals surface area contributed by atoms with Gasteiger partial charge >= 0.3 is 0 Å². The van der Waals surface area contributed by atoms with Gasteiger partial charge in [0.25, 0.3) is 5.91 Å². The summed E-state index contributed by atoms with van der Waals surface area (Å²) in [7, 11) is 0. The molecule has 2 aliphatic rings. The molecule has 1 unspecified atom stereocenters. The van der Waals surface area contributed by atoms with Crippen molar-refractivity contribution in [2.45, 2.75) is 38.6 Å². The predicted octanol–water partition coefficient (Wildman–Crippen LogP) is 3.20. The van der Waals surface area contributed by atoms with Crippen molar-refractivity contribution in [3.05, 3.63) is 64.7 Å². The summed E-state index contributed by atoms with van der Waals surface area (Å²) in [6, 6.07) is 13.7. The third-order valence-corrected chi connectivity index (χ3v) is 4.93. The van der Waals surface area contributed by atoms with Crippen LogP contribution in [0.3, 0.4) is 0 Å². The van der Waals surface area contributed by atoms with Crippen LogP contribution < -0.4 is 15.4 Å². The van der Waals surface area contributed by atoms with Crippen molar-refractivity contribution in [3.8, 4) is 5.75 Å². The van der Waals surface area contributed by atoms with Gasteiger partial charge in [-0.15, -0.1) is 12.4 Å². The van der Waals surface area contributed by atoms with Crippen LogP contribution in [0.4, 0.5) is 0 Å². The zero-order valence-electron chi connectivity index (χ0n) is 15.2. The lowest BCUT2D eigenvalue weighted by Crippen LogP contribution is -2.22. The standard InChI is InChI=1S/C21H24N2O3.ClH/c24-21(23-11-15-3-4-17-12-22-13-18(17)10-15)16-5-7-19(8-6-16)26-14-20-2-1-9-25-20;/h3-8,10,20,22H,1-2,9,11-14H2,(H,23,24);1H. The summed E-state index contributed by atoms with van der Waals surface area (Å²) < 4.78 is 11.3. The lowest BCUT2D eigenvalue weighted by molar-refractivity contribution is 0.0679. The first-order valence-electron chi connectivity index (χ1n) is 9.22. The number of benzene rings is 2. The Kier molecular flexibility index (Phi) is 6.72. The van der Waals surface area contributed by atoms with Crippen molar-refractivity contribution in [3.63, 3.8) is 0 Å². The third kappa shape index (κ3) is 5.01. The first-order chi connectivity index (χ1) is 12.8. The van der Waals surface area contributed by atoms with Crippen LogP contribution in [0.15, 0.2) is 42.5 Å². The van der Waals surface area contributed by atoms with Gasteiger partial charge in [-0.25, -0.2) is 0 Å². The minimum Gasteiger partial charge on any atom is -0.491 e. The van der Waals surface area contributed by atoms with Gasteiger partial charge in [0.05, 0.1) is 6.10 Å². The van der Waals surface area contributed by atoms with Gasteiger partial charge in [-0.2, -0.15) is 0 Å². The first-order valence-corrected chi connectivity index (χ1v) is 9.22. The van der Waals surface area contributed by atoms with Gasteiger partial charge in [0.2, 0.25) is 0 Å². The molecule has 0 radical (unpaired) electrons. The van der Waals surface area contributed by atoms with Gasteiger partial charge in [-0.05, 0) is 53.8 Å². The number of hydrogen-bond donors (Lipinski definition) is 2. The van der Waals surface area contributed by atoms with Gasteiger partial charge in [0.15, 0.2) is 0 Å². The Hall–Kier alpha value is -2.08. The van der Waals surface area contributed by atoms with E-state index < -0.39 is 0 Å². The molecule has 1 amide bonds. The van der Waals surface area contributed by atoms with E-state index in [1.54, 1.807) is 12.1 Å². The van der Waals surface area contributed by atoms with Crippen molar-refractivity contribution in [1.82, 2.24) is 10.6 Å².